The molecule has 0 aromatic heterocycles. The molecule has 2 amide bonds. The Hall–Kier alpha value is -3.80. The molecule has 31 heavy (non-hydrogen) atoms. The maximum Gasteiger partial charge on any atom is 0.255 e. The summed E-state index contributed by atoms with van der Waals surface area (Å²) < 4.78 is 11.5. The summed E-state index contributed by atoms with van der Waals surface area (Å²) in [4.78, 5) is 23.9. The second kappa shape index (κ2) is 9.80. The van der Waals surface area contributed by atoms with Gasteiger partial charge in [0.2, 0.25) is 5.91 Å². The van der Waals surface area contributed by atoms with Crippen LogP contribution in [0.25, 0.3) is 0 Å². The minimum Gasteiger partial charge on any atom is -0.496 e. The van der Waals surface area contributed by atoms with Gasteiger partial charge in [-0.15, -0.1) is 0 Å². The molecule has 3 aromatic rings. The van der Waals surface area contributed by atoms with Crippen molar-refractivity contribution >= 4 is 17.5 Å². The maximum atomic E-state index is 12.7. The highest BCUT2D eigenvalue weighted by Crippen LogP contribution is 2.28. The predicted molar refractivity (Wildman–Crippen MR) is 121 cm³/mol. The normalized spacial score (nSPS) is 10.6. The van der Waals surface area contributed by atoms with E-state index in [4.69, 9.17) is 15.2 Å². The monoisotopic (exact) mass is 418 g/mol. The van der Waals surface area contributed by atoms with E-state index in [1.165, 1.54) is 0 Å². The van der Waals surface area contributed by atoms with Crippen molar-refractivity contribution < 1.29 is 19.1 Å². The van der Waals surface area contributed by atoms with E-state index >= 15 is 0 Å². The molecule has 0 unspecified atom stereocenters. The summed E-state index contributed by atoms with van der Waals surface area (Å²) in [5.74, 6) is 0.986. The van der Waals surface area contributed by atoms with Gasteiger partial charge >= 0.3 is 0 Å². The summed E-state index contributed by atoms with van der Waals surface area (Å²) in [5.41, 5.74) is 8.54. The maximum absolute atomic E-state index is 12.7. The Morgan fingerprint density at radius 2 is 1.61 bits per heavy atom. The molecule has 6 heteroatoms. The number of carbonyl (C=O) groups is 2. The summed E-state index contributed by atoms with van der Waals surface area (Å²) in [6.07, 6.45) is 0. The fraction of sp³-hybridized carbons (Fsp3) is 0.200. The number of nitrogens with one attached hydrogen (secondary N) is 1. The lowest BCUT2D eigenvalue weighted by atomic mass is 10.0. The Morgan fingerprint density at radius 3 is 2.26 bits per heavy atom. The predicted octanol–water partition coefficient (Wildman–Crippen LogP) is 4.75. The number of benzene rings is 3. The van der Waals surface area contributed by atoms with E-state index in [0.717, 1.165) is 16.9 Å². The zero-order chi connectivity index (χ0) is 22.4. The molecule has 0 aliphatic rings. The van der Waals surface area contributed by atoms with Gasteiger partial charge < -0.3 is 20.5 Å². The molecule has 0 aliphatic heterocycles. The van der Waals surface area contributed by atoms with Crippen LogP contribution in [0.2, 0.25) is 0 Å². The molecule has 0 fully saturated rings. The Labute approximate surface area is 182 Å². The lowest BCUT2D eigenvalue weighted by molar-refractivity contribution is 0.0998. The van der Waals surface area contributed by atoms with Gasteiger partial charge in [-0.3, -0.25) is 9.59 Å². The first-order valence-electron chi connectivity index (χ1n) is 9.99. The minimum absolute atomic E-state index is 0.265. The van der Waals surface area contributed by atoms with Crippen molar-refractivity contribution in [2.24, 2.45) is 5.73 Å². The Balaban J connectivity index is 1.77. The van der Waals surface area contributed by atoms with Crippen LogP contribution in [-0.2, 0) is 6.61 Å². The number of primary amides is 1. The lowest BCUT2D eigenvalue weighted by Crippen LogP contribution is -2.14. The number of anilines is 1. The third-order valence-electron chi connectivity index (χ3n) is 4.89. The molecule has 0 spiro atoms. The van der Waals surface area contributed by atoms with Crippen LogP contribution in [0.5, 0.6) is 11.5 Å². The lowest BCUT2D eigenvalue weighted by Gasteiger charge is -2.16. The second-order valence-corrected chi connectivity index (χ2v) is 7.40. The van der Waals surface area contributed by atoms with Crippen molar-refractivity contribution in [1.29, 1.82) is 0 Å². The molecule has 3 N–H and O–H groups in total. The number of carbonyl (C=O) groups excluding carboxylic acids is 2. The average molecular weight is 418 g/mol. The number of rotatable bonds is 8. The number of para-hydroxylation sites is 1. The van der Waals surface area contributed by atoms with Gasteiger partial charge in [0, 0.05) is 22.4 Å². The molecule has 0 radical (unpaired) electrons. The molecule has 0 aliphatic carbocycles. The van der Waals surface area contributed by atoms with Crippen molar-refractivity contribution in [1.82, 2.24) is 0 Å². The van der Waals surface area contributed by atoms with E-state index in [9.17, 15) is 9.59 Å². The molecule has 0 saturated heterocycles. The van der Waals surface area contributed by atoms with Crippen molar-refractivity contribution in [2.45, 2.75) is 26.4 Å². The summed E-state index contributed by atoms with van der Waals surface area (Å²) in [6.45, 7) is 4.49. The zero-order valence-corrected chi connectivity index (χ0v) is 17.8. The third kappa shape index (κ3) is 5.42. The molecule has 6 nitrogen and oxygen atoms in total. The molecule has 0 atom stereocenters. The van der Waals surface area contributed by atoms with Crippen molar-refractivity contribution in [2.75, 3.05) is 12.4 Å². The van der Waals surface area contributed by atoms with Crippen LogP contribution in [0.4, 0.5) is 5.69 Å². The highest BCUT2D eigenvalue weighted by Gasteiger charge is 2.13. The van der Waals surface area contributed by atoms with Crippen LogP contribution in [0.3, 0.4) is 0 Å². The molecule has 0 saturated carbocycles. The number of ether oxygens (including phenoxy) is 2. The largest absolute Gasteiger partial charge is 0.496 e. The number of nitrogens with two attached hydrogens (primary N) is 1. The number of hydrogen-bond acceptors (Lipinski definition) is 4. The van der Waals surface area contributed by atoms with Gasteiger partial charge in [-0.1, -0.05) is 32.0 Å². The van der Waals surface area contributed by atoms with Gasteiger partial charge in [0.05, 0.1) is 7.11 Å². The van der Waals surface area contributed by atoms with E-state index in [2.05, 4.69) is 19.2 Å². The quantitative estimate of drug-likeness (QED) is 0.552. The van der Waals surface area contributed by atoms with E-state index < -0.39 is 5.91 Å². The first-order chi connectivity index (χ1) is 14.9. The van der Waals surface area contributed by atoms with Crippen LogP contribution < -0.4 is 20.5 Å². The van der Waals surface area contributed by atoms with Gasteiger partial charge in [-0.25, -0.2) is 0 Å². The van der Waals surface area contributed by atoms with Crippen LogP contribution in [-0.4, -0.2) is 18.9 Å². The van der Waals surface area contributed by atoms with Gasteiger partial charge in [-0.05, 0) is 60.0 Å². The van der Waals surface area contributed by atoms with Gasteiger partial charge in [-0.2, -0.15) is 0 Å². The van der Waals surface area contributed by atoms with Crippen LogP contribution in [0.1, 0.15) is 51.6 Å². The number of amides is 2. The molecule has 0 heterocycles. The summed E-state index contributed by atoms with van der Waals surface area (Å²) in [6, 6.07) is 19.5. The summed E-state index contributed by atoms with van der Waals surface area (Å²) in [5, 5.41) is 2.81. The smallest absolute Gasteiger partial charge is 0.255 e. The SMILES string of the molecule is COc1ccc(C(=O)Nc2ccc(C(N)=O)cc2)cc1COc1ccccc1C(C)C. The minimum atomic E-state index is -0.517. The van der Waals surface area contributed by atoms with Crippen LogP contribution in [0.15, 0.2) is 66.7 Å². The Morgan fingerprint density at radius 1 is 0.935 bits per heavy atom. The fourth-order valence-corrected chi connectivity index (χ4v) is 3.20. The highest BCUT2D eigenvalue weighted by atomic mass is 16.5. The standard InChI is InChI=1S/C25H26N2O4/c1-16(2)21-6-4-5-7-23(21)31-15-19-14-18(10-13-22(19)30-3)25(29)27-20-11-8-17(9-12-20)24(26)28/h4-14,16H,15H2,1-3H3,(H2,26,28)(H,27,29). The van der Waals surface area contributed by atoms with Crippen molar-refractivity contribution in [3.8, 4) is 11.5 Å². The first kappa shape index (κ1) is 21.9. The second-order valence-electron chi connectivity index (χ2n) is 7.40. The first-order valence-corrected chi connectivity index (χ1v) is 9.99. The van der Waals surface area contributed by atoms with Gasteiger partial charge in [0.1, 0.15) is 18.1 Å². The molecular formula is C25H26N2O4. The fourth-order valence-electron chi connectivity index (χ4n) is 3.20. The molecule has 3 aromatic carbocycles. The van der Waals surface area contributed by atoms with Crippen molar-refractivity contribution in [3.05, 3.63) is 89.0 Å². The third-order valence-corrected chi connectivity index (χ3v) is 4.89. The Bertz CT molecular complexity index is 1080. The van der Waals surface area contributed by atoms with Crippen molar-refractivity contribution in [3.63, 3.8) is 0 Å². The highest BCUT2D eigenvalue weighted by molar-refractivity contribution is 6.04. The zero-order valence-electron chi connectivity index (χ0n) is 17.8. The topological polar surface area (TPSA) is 90.6 Å². The van der Waals surface area contributed by atoms with E-state index in [1.807, 2.05) is 24.3 Å². The summed E-state index contributed by atoms with van der Waals surface area (Å²) in [7, 11) is 1.58. The van der Waals surface area contributed by atoms with E-state index in [1.54, 1.807) is 49.6 Å². The summed E-state index contributed by atoms with van der Waals surface area (Å²) >= 11 is 0. The number of hydrogen-bond donors (Lipinski definition) is 2. The molecular weight excluding hydrogens is 392 g/mol. The average Bonchev–Trinajstić information content (AvgIpc) is 2.77. The molecule has 160 valence electrons. The van der Waals surface area contributed by atoms with Gasteiger partial charge in [0.25, 0.3) is 5.91 Å². The van der Waals surface area contributed by atoms with E-state index in [0.29, 0.717) is 28.5 Å². The Kier molecular flexibility index (Phi) is 6.92. The van der Waals surface area contributed by atoms with Crippen LogP contribution in [0, 0.1) is 0 Å². The molecule has 3 rings (SSSR count). The van der Waals surface area contributed by atoms with Gasteiger partial charge in [0.15, 0.2) is 0 Å². The molecule has 0 bridgehead atoms. The number of methoxy groups -OCH3 is 1. The van der Waals surface area contributed by atoms with E-state index in [-0.39, 0.29) is 12.5 Å². The van der Waals surface area contributed by atoms with Crippen LogP contribution >= 0.6 is 0 Å².